The maximum Gasteiger partial charge on any atom is 0.322 e. The molecule has 3 rings (SSSR count). The van der Waals surface area contributed by atoms with Crippen molar-refractivity contribution in [3.63, 3.8) is 0 Å². The van der Waals surface area contributed by atoms with Crippen LogP contribution >= 0.6 is 0 Å². The molecule has 1 fully saturated rings. The third kappa shape index (κ3) is 2.16. The monoisotopic (exact) mass is 259 g/mol. The predicted molar refractivity (Wildman–Crippen MR) is 71.8 cm³/mol. The molecule has 19 heavy (non-hydrogen) atoms. The van der Waals surface area contributed by atoms with Crippen molar-refractivity contribution >= 4 is 18.1 Å². The van der Waals surface area contributed by atoms with Crippen LogP contribution in [0.4, 0.5) is 10.5 Å². The lowest BCUT2D eigenvalue weighted by molar-refractivity contribution is -0.119. The van der Waals surface area contributed by atoms with Crippen molar-refractivity contribution in [2.45, 2.75) is 25.4 Å². The number of benzene rings is 1. The molecule has 0 saturated carbocycles. The van der Waals surface area contributed by atoms with Crippen LogP contribution in [0.25, 0.3) is 0 Å². The Kier molecular flexibility index (Phi) is 3.11. The Hall–Kier alpha value is -2.04. The molecule has 100 valence electrons. The number of hydrogen-bond acceptors (Lipinski definition) is 2. The third-order valence-electron chi connectivity index (χ3n) is 3.91. The average Bonchev–Trinajstić information content (AvgIpc) is 2.47. The Labute approximate surface area is 112 Å². The number of rotatable bonds is 2. The first kappa shape index (κ1) is 12.0. The minimum Gasteiger partial charge on any atom is -0.345 e. The first-order valence-electron chi connectivity index (χ1n) is 6.64. The summed E-state index contributed by atoms with van der Waals surface area (Å²) >= 11 is 0. The van der Waals surface area contributed by atoms with Crippen molar-refractivity contribution in [1.29, 1.82) is 0 Å². The van der Waals surface area contributed by atoms with Crippen molar-refractivity contribution < 1.29 is 9.59 Å². The first-order valence-corrected chi connectivity index (χ1v) is 6.64. The molecule has 2 aliphatic heterocycles. The number of carbonyl (C=O) groups excluding carboxylic acids is 2. The highest BCUT2D eigenvalue weighted by Crippen LogP contribution is 2.29. The number of nitrogens with zero attached hydrogens (tertiary/aromatic N) is 2. The van der Waals surface area contributed by atoms with Crippen LogP contribution in [0.2, 0.25) is 0 Å². The number of fused-ring (bicyclic) bond motifs is 1. The maximum absolute atomic E-state index is 12.1. The number of nitrogens with one attached hydrogen (secondary N) is 1. The topological polar surface area (TPSA) is 52.7 Å². The second-order valence-electron chi connectivity index (χ2n) is 5.03. The van der Waals surface area contributed by atoms with E-state index in [0.29, 0.717) is 6.54 Å². The Balaban J connectivity index is 1.84. The highest BCUT2D eigenvalue weighted by molar-refractivity contribution is 5.95. The lowest BCUT2D eigenvalue weighted by Gasteiger charge is -2.40. The van der Waals surface area contributed by atoms with Gasteiger partial charge in [-0.05, 0) is 24.5 Å². The molecule has 1 aromatic carbocycles. The van der Waals surface area contributed by atoms with Crippen molar-refractivity contribution in [2.24, 2.45) is 0 Å². The summed E-state index contributed by atoms with van der Waals surface area (Å²) in [7, 11) is 0. The molecule has 3 amide bonds. The maximum atomic E-state index is 12.1. The third-order valence-corrected chi connectivity index (χ3v) is 3.91. The van der Waals surface area contributed by atoms with Crippen LogP contribution in [0.15, 0.2) is 24.3 Å². The van der Waals surface area contributed by atoms with Gasteiger partial charge in [0.1, 0.15) is 0 Å². The van der Waals surface area contributed by atoms with E-state index in [-0.39, 0.29) is 12.1 Å². The highest BCUT2D eigenvalue weighted by Gasteiger charge is 2.32. The molecular formula is C14H17N3O2. The number of carbonyl (C=O) groups is 2. The van der Waals surface area contributed by atoms with Crippen molar-refractivity contribution in [2.75, 3.05) is 18.0 Å². The predicted octanol–water partition coefficient (Wildman–Crippen LogP) is 1.34. The van der Waals surface area contributed by atoms with Crippen LogP contribution in [0, 0.1) is 0 Å². The van der Waals surface area contributed by atoms with Gasteiger partial charge >= 0.3 is 6.03 Å². The Morgan fingerprint density at radius 3 is 2.68 bits per heavy atom. The number of piperidine rings is 1. The summed E-state index contributed by atoms with van der Waals surface area (Å²) in [6.45, 7) is 2.04. The zero-order valence-corrected chi connectivity index (χ0v) is 10.7. The summed E-state index contributed by atoms with van der Waals surface area (Å²) in [5.41, 5.74) is 2.16. The van der Waals surface area contributed by atoms with E-state index in [1.54, 1.807) is 4.90 Å². The summed E-state index contributed by atoms with van der Waals surface area (Å²) in [5, 5.41) is 2.91. The molecule has 0 bridgehead atoms. The summed E-state index contributed by atoms with van der Waals surface area (Å²) < 4.78 is 0. The normalized spacial score (nSPS) is 19.9. The number of amides is 3. The van der Waals surface area contributed by atoms with Gasteiger partial charge in [0.05, 0.1) is 5.69 Å². The lowest BCUT2D eigenvalue weighted by atomic mass is 10.0. The van der Waals surface area contributed by atoms with Gasteiger partial charge in [0.2, 0.25) is 6.41 Å². The SMILES string of the molecule is O=CN1CCC(N2C(=O)NCc3ccccc32)CC1. The fourth-order valence-corrected chi connectivity index (χ4v) is 2.87. The van der Waals surface area contributed by atoms with Gasteiger partial charge in [0.15, 0.2) is 0 Å². The lowest BCUT2D eigenvalue weighted by Crippen LogP contribution is -2.53. The van der Waals surface area contributed by atoms with Gasteiger partial charge < -0.3 is 10.2 Å². The molecule has 0 spiro atoms. The van der Waals surface area contributed by atoms with Crippen LogP contribution in [0.1, 0.15) is 18.4 Å². The van der Waals surface area contributed by atoms with E-state index in [9.17, 15) is 9.59 Å². The summed E-state index contributed by atoms with van der Waals surface area (Å²) in [6.07, 6.45) is 2.56. The summed E-state index contributed by atoms with van der Waals surface area (Å²) in [5.74, 6) is 0. The van der Waals surface area contributed by atoms with E-state index < -0.39 is 0 Å². The van der Waals surface area contributed by atoms with Crippen LogP contribution < -0.4 is 10.2 Å². The molecule has 1 aromatic rings. The van der Waals surface area contributed by atoms with E-state index >= 15 is 0 Å². The smallest absolute Gasteiger partial charge is 0.322 e. The van der Waals surface area contributed by atoms with Crippen LogP contribution in [-0.4, -0.2) is 36.5 Å². The van der Waals surface area contributed by atoms with E-state index in [0.717, 1.165) is 43.6 Å². The molecule has 0 aromatic heterocycles. The van der Waals surface area contributed by atoms with E-state index in [2.05, 4.69) is 5.32 Å². The standard InChI is InChI=1S/C14H17N3O2/c18-10-16-7-5-12(6-8-16)17-13-4-2-1-3-11(13)9-15-14(17)19/h1-4,10,12H,5-9H2,(H,15,19). The average molecular weight is 259 g/mol. The molecule has 1 saturated heterocycles. The molecular weight excluding hydrogens is 242 g/mol. The Morgan fingerprint density at radius 1 is 1.21 bits per heavy atom. The second kappa shape index (κ2) is 4.91. The number of urea groups is 1. The first-order chi connectivity index (χ1) is 9.29. The van der Waals surface area contributed by atoms with Gasteiger partial charge in [0, 0.05) is 25.7 Å². The number of anilines is 1. The van der Waals surface area contributed by atoms with Crippen molar-refractivity contribution in [1.82, 2.24) is 10.2 Å². The fraction of sp³-hybridized carbons (Fsp3) is 0.429. The number of para-hydroxylation sites is 1. The van der Waals surface area contributed by atoms with E-state index in [4.69, 9.17) is 0 Å². The fourth-order valence-electron chi connectivity index (χ4n) is 2.87. The van der Waals surface area contributed by atoms with Crippen LogP contribution in [0.5, 0.6) is 0 Å². The molecule has 1 N–H and O–H groups in total. The molecule has 0 radical (unpaired) electrons. The zero-order valence-electron chi connectivity index (χ0n) is 10.7. The van der Waals surface area contributed by atoms with Gasteiger partial charge in [-0.15, -0.1) is 0 Å². The summed E-state index contributed by atoms with van der Waals surface area (Å²) in [4.78, 5) is 26.5. The van der Waals surface area contributed by atoms with Crippen molar-refractivity contribution in [3.05, 3.63) is 29.8 Å². The van der Waals surface area contributed by atoms with Gasteiger partial charge in [-0.3, -0.25) is 9.69 Å². The van der Waals surface area contributed by atoms with Crippen molar-refractivity contribution in [3.8, 4) is 0 Å². The Bertz CT molecular complexity index is 495. The minimum absolute atomic E-state index is 0.0248. The quantitative estimate of drug-likeness (QED) is 0.815. The van der Waals surface area contributed by atoms with Gasteiger partial charge in [-0.1, -0.05) is 18.2 Å². The molecule has 2 heterocycles. The molecule has 2 aliphatic rings. The van der Waals surface area contributed by atoms with E-state index in [1.807, 2.05) is 29.2 Å². The molecule has 0 unspecified atom stereocenters. The molecule has 5 heteroatoms. The number of likely N-dealkylation sites (tertiary alicyclic amines) is 1. The van der Waals surface area contributed by atoms with E-state index in [1.165, 1.54) is 0 Å². The van der Waals surface area contributed by atoms with Gasteiger partial charge in [-0.2, -0.15) is 0 Å². The highest BCUT2D eigenvalue weighted by atomic mass is 16.2. The van der Waals surface area contributed by atoms with Crippen LogP contribution in [0.3, 0.4) is 0 Å². The van der Waals surface area contributed by atoms with Gasteiger partial charge in [0.25, 0.3) is 0 Å². The second-order valence-corrected chi connectivity index (χ2v) is 5.03. The largest absolute Gasteiger partial charge is 0.345 e. The molecule has 0 aliphatic carbocycles. The molecule has 0 atom stereocenters. The zero-order chi connectivity index (χ0) is 13.2. The molecule has 5 nitrogen and oxygen atoms in total. The van der Waals surface area contributed by atoms with Gasteiger partial charge in [-0.25, -0.2) is 4.79 Å². The van der Waals surface area contributed by atoms with Crippen LogP contribution in [-0.2, 0) is 11.3 Å². The minimum atomic E-state index is -0.0248. The summed E-state index contributed by atoms with van der Waals surface area (Å²) in [6, 6.07) is 8.15. The Morgan fingerprint density at radius 2 is 1.95 bits per heavy atom. The number of hydrogen-bond donors (Lipinski definition) is 1.